The van der Waals surface area contributed by atoms with Gasteiger partial charge in [-0.05, 0) is 5.41 Å². The number of likely N-dealkylation sites (tertiary alicyclic amines) is 1. The quantitative estimate of drug-likeness (QED) is 0.851. The van der Waals surface area contributed by atoms with Crippen LogP contribution in [0, 0.1) is 5.41 Å². The lowest BCUT2D eigenvalue weighted by Crippen LogP contribution is -2.33. The van der Waals surface area contributed by atoms with Gasteiger partial charge in [0.05, 0.1) is 18.9 Å². The number of carbonyl (C=O) groups is 1. The first-order valence-corrected chi connectivity index (χ1v) is 7.68. The van der Waals surface area contributed by atoms with Crippen molar-refractivity contribution in [3.05, 3.63) is 12.4 Å². The molecule has 1 saturated heterocycles. The molecular formula is C16H26N4O2. The second-order valence-electron chi connectivity index (χ2n) is 7.22. The first kappa shape index (κ1) is 16.5. The Balaban J connectivity index is 1.91. The summed E-state index contributed by atoms with van der Waals surface area (Å²) in [6.07, 6.45) is 4.71. The van der Waals surface area contributed by atoms with E-state index in [1.807, 2.05) is 23.9 Å². The molecule has 0 bridgehead atoms. The van der Waals surface area contributed by atoms with E-state index in [9.17, 15) is 4.79 Å². The van der Waals surface area contributed by atoms with Crippen LogP contribution in [0.4, 0.5) is 5.82 Å². The van der Waals surface area contributed by atoms with E-state index in [1.165, 1.54) is 0 Å². The fraction of sp³-hybridized carbons (Fsp3) is 0.688. The fourth-order valence-corrected chi connectivity index (χ4v) is 2.40. The van der Waals surface area contributed by atoms with Crippen molar-refractivity contribution in [2.45, 2.75) is 39.7 Å². The van der Waals surface area contributed by atoms with E-state index in [0.717, 1.165) is 18.8 Å². The maximum absolute atomic E-state index is 12.2. The van der Waals surface area contributed by atoms with Crippen LogP contribution in [0.25, 0.3) is 0 Å². The number of hydrogen-bond acceptors (Lipinski definition) is 5. The second-order valence-corrected chi connectivity index (χ2v) is 7.22. The minimum absolute atomic E-state index is 0.00405. The third-order valence-corrected chi connectivity index (χ3v) is 3.52. The van der Waals surface area contributed by atoms with Crippen LogP contribution in [-0.2, 0) is 4.79 Å². The lowest BCUT2D eigenvalue weighted by molar-refractivity contribution is -0.132. The molecule has 22 heavy (non-hydrogen) atoms. The van der Waals surface area contributed by atoms with Crippen molar-refractivity contribution in [2.75, 3.05) is 32.1 Å². The van der Waals surface area contributed by atoms with Crippen molar-refractivity contribution in [1.82, 2.24) is 14.9 Å². The van der Waals surface area contributed by atoms with Crippen molar-refractivity contribution in [2.24, 2.45) is 5.41 Å². The minimum Gasteiger partial charge on any atom is -0.471 e. The third kappa shape index (κ3) is 4.58. The van der Waals surface area contributed by atoms with Crippen LogP contribution in [0.15, 0.2) is 12.4 Å². The SMILES string of the molecule is CN(C)c1cncc(OC2CCN(C(=O)CC(C)(C)C)C2)n1. The Labute approximate surface area is 132 Å². The monoisotopic (exact) mass is 306 g/mol. The summed E-state index contributed by atoms with van der Waals surface area (Å²) in [5.74, 6) is 1.48. The van der Waals surface area contributed by atoms with Gasteiger partial charge in [-0.25, -0.2) is 0 Å². The van der Waals surface area contributed by atoms with E-state index in [-0.39, 0.29) is 17.4 Å². The van der Waals surface area contributed by atoms with Gasteiger partial charge in [0.2, 0.25) is 11.8 Å². The van der Waals surface area contributed by atoms with Gasteiger partial charge in [-0.3, -0.25) is 9.78 Å². The van der Waals surface area contributed by atoms with E-state index in [0.29, 0.717) is 18.8 Å². The molecule has 1 aliphatic rings. The van der Waals surface area contributed by atoms with Gasteiger partial charge in [0.15, 0.2) is 5.82 Å². The molecule has 0 aromatic carbocycles. The van der Waals surface area contributed by atoms with Crippen LogP contribution in [0.2, 0.25) is 0 Å². The predicted molar refractivity (Wildman–Crippen MR) is 86.0 cm³/mol. The van der Waals surface area contributed by atoms with E-state index < -0.39 is 0 Å². The summed E-state index contributed by atoms with van der Waals surface area (Å²) in [6, 6.07) is 0. The minimum atomic E-state index is -0.00405. The molecule has 0 radical (unpaired) electrons. The van der Waals surface area contributed by atoms with Gasteiger partial charge in [0, 0.05) is 33.5 Å². The third-order valence-electron chi connectivity index (χ3n) is 3.52. The molecule has 1 unspecified atom stereocenters. The van der Waals surface area contributed by atoms with Crippen molar-refractivity contribution in [1.29, 1.82) is 0 Å². The van der Waals surface area contributed by atoms with Crippen molar-refractivity contribution in [3.8, 4) is 5.88 Å². The van der Waals surface area contributed by atoms with Crippen LogP contribution in [-0.4, -0.2) is 54.1 Å². The largest absolute Gasteiger partial charge is 0.471 e. The fourth-order valence-electron chi connectivity index (χ4n) is 2.40. The van der Waals surface area contributed by atoms with E-state index in [1.54, 1.807) is 12.4 Å². The summed E-state index contributed by atoms with van der Waals surface area (Å²) < 4.78 is 5.88. The molecule has 1 amide bonds. The lowest BCUT2D eigenvalue weighted by Gasteiger charge is -2.23. The zero-order chi connectivity index (χ0) is 16.3. The van der Waals surface area contributed by atoms with Gasteiger partial charge in [-0.15, -0.1) is 0 Å². The highest BCUT2D eigenvalue weighted by molar-refractivity contribution is 5.77. The van der Waals surface area contributed by atoms with Gasteiger partial charge in [-0.1, -0.05) is 20.8 Å². The average molecular weight is 306 g/mol. The van der Waals surface area contributed by atoms with Gasteiger partial charge in [-0.2, -0.15) is 4.98 Å². The zero-order valence-corrected chi connectivity index (χ0v) is 14.2. The van der Waals surface area contributed by atoms with E-state index in [2.05, 4.69) is 30.7 Å². The van der Waals surface area contributed by atoms with Gasteiger partial charge >= 0.3 is 0 Å². The molecule has 1 fully saturated rings. The molecule has 0 spiro atoms. The van der Waals surface area contributed by atoms with Crippen LogP contribution < -0.4 is 9.64 Å². The molecule has 1 aromatic heterocycles. The first-order valence-electron chi connectivity index (χ1n) is 7.68. The summed E-state index contributed by atoms with van der Waals surface area (Å²) in [5.41, 5.74) is 0.0154. The first-order chi connectivity index (χ1) is 10.2. The molecule has 0 saturated carbocycles. The van der Waals surface area contributed by atoms with Crippen LogP contribution >= 0.6 is 0 Å². The molecule has 2 heterocycles. The Bertz CT molecular complexity index is 525. The van der Waals surface area contributed by atoms with Gasteiger partial charge in [0.1, 0.15) is 6.10 Å². The van der Waals surface area contributed by atoms with Crippen LogP contribution in [0.5, 0.6) is 5.88 Å². The number of amides is 1. The van der Waals surface area contributed by atoms with Crippen molar-refractivity contribution in [3.63, 3.8) is 0 Å². The van der Waals surface area contributed by atoms with E-state index >= 15 is 0 Å². The summed E-state index contributed by atoms with van der Waals surface area (Å²) in [7, 11) is 3.83. The molecule has 1 atom stereocenters. The predicted octanol–water partition coefficient (Wildman–Crippen LogP) is 1.96. The summed E-state index contributed by atoms with van der Waals surface area (Å²) in [5, 5.41) is 0. The standard InChI is InChI=1S/C16H26N4O2/c1-16(2,3)8-15(21)20-7-6-12(11-20)22-14-10-17-9-13(18-14)19(4)5/h9-10,12H,6-8,11H2,1-5H3. The highest BCUT2D eigenvalue weighted by atomic mass is 16.5. The number of rotatable bonds is 4. The maximum Gasteiger partial charge on any atom is 0.234 e. The number of carbonyl (C=O) groups excluding carboxylic acids is 1. The second kappa shape index (κ2) is 6.50. The van der Waals surface area contributed by atoms with Crippen molar-refractivity contribution >= 4 is 11.7 Å². The number of anilines is 1. The number of aromatic nitrogens is 2. The highest BCUT2D eigenvalue weighted by Gasteiger charge is 2.30. The number of ether oxygens (including phenoxy) is 1. The smallest absolute Gasteiger partial charge is 0.234 e. The summed E-state index contributed by atoms with van der Waals surface area (Å²) in [6.45, 7) is 7.62. The van der Waals surface area contributed by atoms with Crippen molar-refractivity contribution < 1.29 is 9.53 Å². The summed E-state index contributed by atoms with van der Waals surface area (Å²) >= 11 is 0. The molecule has 6 heteroatoms. The van der Waals surface area contributed by atoms with E-state index in [4.69, 9.17) is 4.74 Å². The molecule has 122 valence electrons. The number of hydrogen-bond donors (Lipinski definition) is 0. The summed E-state index contributed by atoms with van der Waals surface area (Å²) in [4.78, 5) is 24.6. The van der Waals surface area contributed by atoms with Crippen LogP contribution in [0.3, 0.4) is 0 Å². The number of nitrogens with zero attached hydrogens (tertiary/aromatic N) is 4. The molecular weight excluding hydrogens is 280 g/mol. The maximum atomic E-state index is 12.2. The molecule has 2 rings (SSSR count). The lowest BCUT2D eigenvalue weighted by atomic mass is 9.92. The normalized spacial score (nSPS) is 18.4. The molecule has 1 aliphatic heterocycles. The Hall–Kier alpha value is -1.85. The van der Waals surface area contributed by atoms with Gasteiger partial charge in [0.25, 0.3) is 0 Å². The molecule has 0 aliphatic carbocycles. The Morgan fingerprint density at radius 2 is 2.14 bits per heavy atom. The zero-order valence-electron chi connectivity index (χ0n) is 14.2. The highest BCUT2D eigenvalue weighted by Crippen LogP contribution is 2.23. The van der Waals surface area contributed by atoms with Gasteiger partial charge < -0.3 is 14.5 Å². The average Bonchev–Trinajstić information content (AvgIpc) is 2.85. The molecule has 1 aromatic rings. The topological polar surface area (TPSA) is 58.6 Å². The Morgan fingerprint density at radius 3 is 2.77 bits per heavy atom. The molecule has 6 nitrogen and oxygen atoms in total. The Morgan fingerprint density at radius 1 is 1.41 bits per heavy atom. The molecule has 0 N–H and O–H groups in total. The van der Waals surface area contributed by atoms with Crippen LogP contribution in [0.1, 0.15) is 33.6 Å². The Kier molecular flexibility index (Phi) is 4.88.